The molecular weight excluding hydrogens is 388 g/mol. The van der Waals surface area contributed by atoms with Gasteiger partial charge in [0.1, 0.15) is 5.75 Å². The predicted octanol–water partition coefficient (Wildman–Crippen LogP) is 4.08. The maximum Gasteiger partial charge on any atom is 0.240 e. The van der Waals surface area contributed by atoms with Gasteiger partial charge in [-0.1, -0.05) is 39.0 Å². The van der Waals surface area contributed by atoms with Crippen molar-refractivity contribution in [3.8, 4) is 5.75 Å². The summed E-state index contributed by atoms with van der Waals surface area (Å²) in [5.41, 5.74) is 1.80. The van der Waals surface area contributed by atoms with Crippen LogP contribution in [0.25, 0.3) is 0 Å². The molecule has 0 aliphatic carbocycles. The lowest BCUT2D eigenvalue weighted by Crippen LogP contribution is -2.26. The minimum absolute atomic E-state index is 0.0182. The largest absolute Gasteiger partial charge is 0.493 e. The van der Waals surface area contributed by atoms with Crippen molar-refractivity contribution >= 4 is 21.6 Å². The second-order valence-corrected chi connectivity index (χ2v) is 9.34. The molecular formula is C22H30N2O4S. The highest BCUT2D eigenvalue weighted by Crippen LogP contribution is 2.27. The van der Waals surface area contributed by atoms with Crippen LogP contribution in [0, 0.1) is 0 Å². The van der Waals surface area contributed by atoms with Gasteiger partial charge in [-0.3, -0.25) is 4.79 Å². The summed E-state index contributed by atoms with van der Waals surface area (Å²) in [6.45, 7) is 8.47. The molecule has 0 bridgehead atoms. The van der Waals surface area contributed by atoms with E-state index in [4.69, 9.17) is 4.74 Å². The van der Waals surface area contributed by atoms with Crippen LogP contribution in [0.4, 0.5) is 5.69 Å². The Bertz CT molecular complexity index is 922. The molecule has 0 saturated carbocycles. The Hall–Kier alpha value is -2.38. The van der Waals surface area contributed by atoms with Crippen LogP contribution >= 0.6 is 0 Å². The first-order valence-electron chi connectivity index (χ1n) is 9.75. The zero-order valence-corrected chi connectivity index (χ0v) is 18.3. The lowest BCUT2D eigenvalue weighted by atomic mass is 9.82. The number of hydrogen-bond acceptors (Lipinski definition) is 4. The highest BCUT2D eigenvalue weighted by molar-refractivity contribution is 7.89. The van der Waals surface area contributed by atoms with Crippen molar-refractivity contribution in [2.24, 2.45) is 0 Å². The number of sulfonamides is 1. The van der Waals surface area contributed by atoms with E-state index in [0.29, 0.717) is 24.5 Å². The number of carbonyl (C=O) groups excluding carboxylic acids is 1. The van der Waals surface area contributed by atoms with Gasteiger partial charge in [-0.25, -0.2) is 13.1 Å². The number of nitrogens with one attached hydrogen (secondary N) is 2. The van der Waals surface area contributed by atoms with Crippen LogP contribution in [0.3, 0.4) is 0 Å². The summed E-state index contributed by atoms with van der Waals surface area (Å²) in [6.07, 6.45) is 1.50. The van der Waals surface area contributed by atoms with E-state index in [-0.39, 0.29) is 22.8 Å². The summed E-state index contributed by atoms with van der Waals surface area (Å²) in [7, 11) is -3.55. The second-order valence-electron chi connectivity index (χ2n) is 7.57. The Morgan fingerprint density at radius 3 is 2.41 bits per heavy atom. The summed E-state index contributed by atoms with van der Waals surface area (Å²) < 4.78 is 33.1. The second kappa shape index (κ2) is 9.89. The smallest absolute Gasteiger partial charge is 0.240 e. The molecule has 0 atom stereocenters. The summed E-state index contributed by atoms with van der Waals surface area (Å²) in [6, 6.07) is 14.1. The van der Waals surface area contributed by atoms with Gasteiger partial charge in [0.25, 0.3) is 0 Å². The Balaban J connectivity index is 1.83. The Morgan fingerprint density at radius 1 is 1.10 bits per heavy atom. The lowest BCUT2D eigenvalue weighted by molar-refractivity contribution is -0.114. The molecule has 2 rings (SSSR count). The normalized spacial score (nSPS) is 11.9. The van der Waals surface area contributed by atoms with Crippen molar-refractivity contribution in [3.05, 3.63) is 54.1 Å². The molecule has 0 spiro atoms. The van der Waals surface area contributed by atoms with Crippen molar-refractivity contribution in [1.82, 2.24) is 4.72 Å². The van der Waals surface area contributed by atoms with E-state index in [1.165, 1.54) is 6.92 Å². The molecule has 2 aromatic rings. The first kappa shape index (κ1) is 22.9. The Kier molecular flexibility index (Phi) is 7.81. The highest BCUT2D eigenvalue weighted by atomic mass is 32.2. The van der Waals surface area contributed by atoms with Crippen LogP contribution in [-0.2, 0) is 20.2 Å². The topological polar surface area (TPSA) is 84.5 Å². The van der Waals surface area contributed by atoms with Gasteiger partial charge in [-0.2, -0.15) is 0 Å². The zero-order valence-electron chi connectivity index (χ0n) is 17.5. The van der Waals surface area contributed by atoms with Crippen molar-refractivity contribution in [2.75, 3.05) is 18.5 Å². The van der Waals surface area contributed by atoms with E-state index in [0.717, 1.165) is 12.0 Å². The van der Waals surface area contributed by atoms with Crippen LogP contribution in [0.15, 0.2) is 53.4 Å². The number of hydrogen-bond donors (Lipinski definition) is 2. The fraction of sp³-hybridized carbons (Fsp3) is 0.409. The van der Waals surface area contributed by atoms with Crippen molar-refractivity contribution in [2.45, 2.75) is 50.8 Å². The third-order valence-corrected chi connectivity index (χ3v) is 6.34. The van der Waals surface area contributed by atoms with Crippen molar-refractivity contribution in [1.29, 1.82) is 0 Å². The molecule has 0 aliphatic heterocycles. The number of ether oxygens (including phenoxy) is 1. The van der Waals surface area contributed by atoms with Gasteiger partial charge in [0.05, 0.1) is 11.5 Å². The number of benzene rings is 2. The number of amides is 1. The maximum atomic E-state index is 12.5. The van der Waals surface area contributed by atoms with E-state index >= 15 is 0 Å². The van der Waals surface area contributed by atoms with Crippen molar-refractivity contribution < 1.29 is 17.9 Å². The molecule has 0 radical (unpaired) electrons. The molecule has 7 heteroatoms. The van der Waals surface area contributed by atoms with Gasteiger partial charge in [-0.05, 0) is 48.1 Å². The zero-order chi connectivity index (χ0) is 21.5. The van der Waals surface area contributed by atoms with Crippen LogP contribution in [0.1, 0.15) is 46.1 Å². The quantitative estimate of drug-likeness (QED) is 0.570. The molecule has 0 fully saturated rings. The van der Waals surface area contributed by atoms with Crippen molar-refractivity contribution in [3.63, 3.8) is 0 Å². The average Bonchev–Trinajstić information content (AvgIpc) is 2.67. The molecule has 158 valence electrons. The summed E-state index contributed by atoms with van der Waals surface area (Å²) in [4.78, 5) is 11.4. The summed E-state index contributed by atoms with van der Waals surface area (Å²) in [5, 5.41) is 2.69. The van der Waals surface area contributed by atoms with Crippen LogP contribution in [-0.4, -0.2) is 27.5 Å². The maximum absolute atomic E-state index is 12.5. The molecule has 2 aromatic carbocycles. The van der Waals surface area contributed by atoms with Gasteiger partial charge < -0.3 is 10.1 Å². The van der Waals surface area contributed by atoms with Crippen LogP contribution in [0.2, 0.25) is 0 Å². The molecule has 0 aliphatic rings. The first-order chi connectivity index (χ1) is 13.6. The molecule has 0 unspecified atom stereocenters. The summed E-state index contributed by atoms with van der Waals surface area (Å²) >= 11 is 0. The van der Waals surface area contributed by atoms with E-state index < -0.39 is 10.0 Å². The van der Waals surface area contributed by atoms with Gasteiger partial charge in [0.15, 0.2) is 0 Å². The lowest BCUT2D eigenvalue weighted by Gasteiger charge is -2.23. The molecule has 1 amide bonds. The third-order valence-electron chi connectivity index (χ3n) is 4.87. The SMILES string of the molecule is CCC(C)(C)c1ccc(S(=O)(=O)NCCCOc2cccc(NC(C)=O)c2)cc1. The minimum atomic E-state index is -3.55. The standard InChI is InChI=1S/C22H30N2O4S/c1-5-22(3,4)18-10-12-21(13-11-18)29(26,27)23-14-7-15-28-20-9-6-8-19(16-20)24-17(2)25/h6,8-13,16,23H,5,7,14-15H2,1-4H3,(H,24,25). The Morgan fingerprint density at radius 2 is 1.79 bits per heavy atom. The Labute approximate surface area is 173 Å². The predicted molar refractivity (Wildman–Crippen MR) is 116 cm³/mol. The molecule has 0 saturated heterocycles. The summed E-state index contributed by atoms with van der Waals surface area (Å²) in [5.74, 6) is 0.469. The average molecular weight is 419 g/mol. The monoisotopic (exact) mass is 418 g/mol. The third kappa shape index (κ3) is 6.87. The fourth-order valence-corrected chi connectivity index (χ4v) is 3.78. The molecule has 29 heavy (non-hydrogen) atoms. The molecule has 0 aromatic heterocycles. The van der Waals surface area contributed by atoms with Gasteiger partial charge in [-0.15, -0.1) is 0 Å². The molecule has 6 nitrogen and oxygen atoms in total. The first-order valence-corrected chi connectivity index (χ1v) is 11.2. The highest BCUT2D eigenvalue weighted by Gasteiger charge is 2.19. The number of carbonyl (C=O) groups is 1. The van der Waals surface area contributed by atoms with E-state index in [9.17, 15) is 13.2 Å². The van der Waals surface area contributed by atoms with Crippen LogP contribution < -0.4 is 14.8 Å². The molecule has 2 N–H and O–H groups in total. The van der Waals surface area contributed by atoms with Gasteiger partial charge in [0, 0.05) is 25.2 Å². The minimum Gasteiger partial charge on any atom is -0.493 e. The fourth-order valence-electron chi connectivity index (χ4n) is 2.71. The van der Waals surface area contributed by atoms with Gasteiger partial charge in [0.2, 0.25) is 15.9 Å². The van der Waals surface area contributed by atoms with Gasteiger partial charge >= 0.3 is 0 Å². The van der Waals surface area contributed by atoms with Crippen LogP contribution in [0.5, 0.6) is 5.75 Å². The van der Waals surface area contributed by atoms with E-state index in [1.54, 1.807) is 36.4 Å². The molecule has 0 heterocycles. The van der Waals surface area contributed by atoms with E-state index in [2.05, 4.69) is 30.8 Å². The number of anilines is 1. The van der Waals surface area contributed by atoms with E-state index in [1.807, 2.05) is 12.1 Å². The number of rotatable bonds is 10.